The third-order valence-corrected chi connectivity index (χ3v) is 4.51. The van der Waals surface area contributed by atoms with E-state index in [1.807, 2.05) is 0 Å². The number of hydrogen-bond donors (Lipinski definition) is 1. The lowest BCUT2D eigenvalue weighted by molar-refractivity contribution is -0.118. The van der Waals surface area contributed by atoms with Crippen molar-refractivity contribution in [2.24, 2.45) is 0 Å². The topological polar surface area (TPSA) is 67.9 Å². The van der Waals surface area contributed by atoms with E-state index in [1.165, 1.54) is 0 Å². The predicted molar refractivity (Wildman–Crippen MR) is 104 cm³/mol. The van der Waals surface area contributed by atoms with Crippen LogP contribution in [0.2, 0.25) is 10.0 Å². The van der Waals surface area contributed by atoms with Gasteiger partial charge in [0, 0.05) is 35.4 Å². The lowest BCUT2D eigenvalue weighted by Gasteiger charge is -2.26. The molecule has 1 saturated heterocycles. The minimum atomic E-state index is -0.349. The van der Waals surface area contributed by atoms with Crippen molar-refractivity contribution in [1.29, 1.82) is 0 Å². The maximum absolute atomic E-state index is 12.4. The molecule has 0 saturated carbocycles. The van der Waals surface area contributed by atoms with Gasteiger partial charge in [0.2, 0.25) is 0 Å². The van der Waals surface area contributed by atoms with Gasteiger partial charge in [0.1, 0.15) is 5.75 Å². The van der Waals surface area contributed by atoms with Crippen LogP contribution in [0.4, 0.5) is 5.69 Å². The molecule has 1 aliphatic heterocycles. The van der Waals surface area contributed by atoms with Crippen molar-refractivity contribution >= 4 is 40.7 Å². The predicted octanol–water partition coefficient (Wildman–Crippen LogP) is 3.48. The average molecular weight is 409 g/mol. The van der Waals surface area contributed by atoms with Crippen LogP contribution in [0, 0.1) is 0 Å². The van der Waals surface area contributed by atoms with E-state index in [4.69, 9.17) is 32.7 Å². The molecule has 0 bridgehead atoms. The molecule has 0 spiro atoms. The zero-order chi connectivity index (χ0) is 19.2. The molecule has 8 heteroatoms. The molecule has 3 rings (SSSR count). The quantitative estimate of drug-likeness (QED) is 0.821. The Labute approximate surface area is 167 Å². The smallest absolute Gasteiger partial charge is 0.262 e. The molecule has 2 amide bonds. The number of rotatable bonds is 5. The molecule has 0 aliphatic carbocycles. The molecule has 2 aromatic carbocycles. The van der Waals surface area contributed by atoms with Gasteiger partial charge in [-0.05, 0) is 36.4 Å². The fourth-order valence-electron chi connectivity index (χ4n) is 2.57. The van der Waals surface area contributed by atoms with Crippen LogP contribution in [0.3, 0.4) is 0 Å². The van der Waals surface area contributed by atoms with Crippen molar-refractivity contribution in [3.63, 3.8) is 0 Å². The number of nitrogens with zero attached hydrogens (tertiary/aromatic N) is 1. The number of morpholine rings is 1. The largest absolute Gasteiger partial charge is 0.482 e. The van der Waals surface area contributed by atoms with Gasteiger partial charge in [0.25, 0.3) is 11.8 Å². The van der Waals surface area contributed by atoms with Gasteiger partial charge in [-0.25, -0.2) is 0 Å². The van der Waals surface area contributed by atoms with Crippen LogP contribution in [-0.4, -0.2) is 49.6 Å². The van der Waals surface area contributed by atoms with Crippen molar-refractivity contribution in [2.45, 2.75) is 0 Å². The van der Waals surface area contributed by atoms with Gasteiger partial charge in [-0.1, -0.05) is 23.2 Å². The molecular weight excluding hydrogens is 391 g/mol. The monoisotopic (exact) mass is 408 g/mol. The second-order valence-electron chi connectivity index (χ2n) is 5.89. The van der Waals surface area contributed by atoms with E-state index in [9.17, 15) is 9.59 Å². The van der Waals surface area contributed by atoms with Gasteiger partial charge in [-0.3, -0.25) is 9.59 Å². The number of benzene rings is 2. The fraction of sp³-hybridized carbons (Fsp3) is 0.263. The summed E-state index contributed by atoms with van der Waals surface area (Å²) < 4.78 is 10.6. The summed E-state index contributed by atoms with van der Waals surface area (Å²) in [6.45, 7) is 2.06. The highest BCUT2D eigenvalue weighted by molar-refractivity contribution is 6.34. The number of halogens is 2. The molecule has 1 fully saturated rings. The van der Waals surface area contributed by atoms with Crippen molar-refractivity contribution in [3.8, 4) is 5.75 Å². The van der Waals surface area contributed by atoms with Crippen molar-refractivity contribution in [3.05, 3.63) is 58.1 Å². The van der Waals surface area contributed by atoms with E-state index in [1.54, 1.807) is 47.4 Å². The average Bonchev–Trinajstić information content (AvgIpc) is 2.69. The first-order valence-corrected chi connectivity index (χ1v) is 9.13. The number of amides is 2. The first-order chi connectivity index (χ1) is 13.0. The normalized spacial score (nSPS) is 13.9. The van der Waals surface area contributed by atoms with Crippen LogP contribution < -0.4 is 10.1 Å². The molecule has 1 heterocycles. The highest BCUT2D eigenvalue weighted by Gasteiger charge is 2.18. The molecule has 142 valence electrons. The molecule has 0 radical (unpaired) electrons. The molecule has 1 aliphatic rings. The zero-order valence-corrected chi connectivity index (χ0v) is 15.9. The van der Waals surface area contributed by atoms with Crippen LogP contribution in [0.25, 0.3) is 0 Å². The summed E-state index contributed by atoms with van der Waals surface area (Å²) in [7, 11) is 0. The Hall–Kier alpha value is -2.28. The molecular formula is C19H18Cl2N2O4. The molecule has 0 unspecified atom stereocenters. The van der Waals surface area contributed by atoms with E-state index >= 15 is 0 Å². The van der Waals surface area contributed by atoms with Crippen molar-refractivity contribution < 1.29 is 19.1 Å². The van der Waals surface area contributed by atoms with Crippen molar-refractivity contribution in [2.75, 3.05) is 38.2 Å². The molecule has 27 heavy (non-hydrogen) atoms. The maximum Gasteiger partial charge on any atom is 0.262 e. The fourth-order valence-corrected chi connectivity index (χ4v) is 2.91. The van der Waals surface area contributed by atoms with E-state index in [-0.39, 0.29) is 18.4 Å². The number of ether oxygens (including phenoxy) is 2. The zero-order valence-electron chi connectivity index (χ0n) is 14.4. The third-order valence-electron chi connectivity index (χ3n) is 3.97. The van der Waals surface area contributed by atoms with Gasteiger partial charge in [0.05, 0.1) is 18.2 Å². The first kappa shape index (κ1) is 19.5. The van der Waals surface area contributed by atoms with E-state index < -0.39 is 0 Å². The number of anilines is 1. The van der Waals surface area contributed by atoms with Gasteiger partial charge in [0.15, 0.2) is 6.61 Å². The number of carbonyl (C=O) groups is 2. The van der Waals surface area contributed by atoms with E-state index in [0.717, 1.165) is 0 Å². The molecule has 0 atom stereocenters. The second kappa shape index (κ2) is 9.08. The van der Waals surface area contributed by atoms with Gasteiger partial charge in [-0.15, -0.1) is 0 Å². The molecule has 1 N–H and O–H groups in total. The minimum absolute atomic E-state index is 0.0462. The highest BCUT2D eigenvalue weighted by Crippen LogP contribution is 2.27. The Morgan fingerprint density at radius 1 is 1.07 bits per heavy atom. The van der Waals surface area contributed by atoms with E-state index in [0.29, 0.717) is 53.3 Å². The van der Waals surface area contributed by atoms with Crippen LogP contribution in [-0.2, 0) is 9.53 Å². The van der Waals surface area contributed by atoms with Crippen LogP contribution >= 0.6 is 23.2 Å². The lowest BCUT2D eigenvalue weighted by Crippen LogP contribution is -2.40. The summed E-state index contributed by atoms with van der Waals surface area (Å²) in [6.07, 6.45) is 0. The Morgan fingerprint density at radius 2 is 1.78 bits per heavy atom. The summed E-state index contributed by atoms with van der Waals surface area (Å²) in [6, 6.07) is 11.5. The van der Waals surface area contributed by atoms with Crippen molar-refractivity contribution in [1.82, 2.24) is 4.90 Å². The van der Waals surface area contributed by atoms with Crippen LogP contribution in [0.1, 0.15) is 10.4 Å². The first-order valence-electron chi connectivity index (χ1n) is 8.38. The highest BCUT2D eigenvalue weighted by atomic mass is 35.5. The number of hydrogen-bond acceptors (Lipinski definition) is 4. The summed E-state index contributed by atoms with van der Waals surface area (Å²) >= 11 is 11.9. The number of nitrogens with one attached hydrogen (secondary N) is 1. The Balaban J connectivity index is 1.53. The Bertz CT molecular complexity index is 821. The third kappa shape index (κ3) is 5.35. The number of carbonyl (C=O) groups excluding carboxylic acids is 2. The standard InChI is InChI=1S/C19H18Cl2N2O4/c20-14-3-6-16(21)17(11-14)27-12-18(24)22-15-4-1-13(2-5-15)19(25)23-7-9-26-10-8-23/h1-6,11H,7-10,12H2,(H,22,24). The Kier molecular flexibility index (Phi) is 6.55. The van der Waals surface area contributed by atoms with Gasteiger partial charge >= 0.3 is 0 Å². The van der Waals surface area contributed by atoms with Crippen LogP contribution in [0.15, 0.2) is 42.5 Å². The van der Waals surface area contributed by atoms with E-state index in [2.05, 4.69) is 5.32 Å². The summed E-state index contributed by atoms with van der Waals surface area (Å²) in [5, 5.41) is 3.55. The maximum atomic E-state index is 12.4. The van der Waals surface area contributed by atoms with Crippen LogP contribution in [0.5, 0.6) is 5.75 Å². The second-order valence-corrected chi connectivity index (χ2v) is 6.74. The lowest BCUT2D eigenvalue weighted by atomic mass is 10.1. The molecule has 2 aromatic rings. The Morgan fingerprint density at radius 3 is 2.48 bits per heavy atom. The summed E-state index contributed by atoms with van der Waals surface area (Å²) in [5.74, 6) is -0.0563. The van der Waals surface area contributed by atoms with Gasteiger partial charge < -0.3 is 19.7 Å². The summed E-state index contributed by atoms with van der Waals surface area (Å²) in [4.78, 5) is 26.2. The van der Waals surface area contributed by atoms with Gasteiger partial charge in [-0.2, -0.15) is 0 Å². The molecule has 0 aromatic heterocycles. The minimum Gasteiger partial charge on any atom is -0.482 e. The molecule has 6 nitrogen and oxygen atoms in total. The summed E-state index contributed by atoms with van der Waals surface area (Å²) in [5.41, 5.74) is 1.14. The SMILES string of the molecule is O=C(COc1cc(Cl)ccc1Cl)Nc1ccc(C(=O)N2CCOCC2)cc1.